The molecule has 2 aromatic heterocycles. The van der Waals surface area contributed by atoms with Crippen molar-refractivity contribution < 1.29 is 13.2 Å². The third-order valence-electron chi connectivity index (χ3n) is 5.86. The zero-order chi connectivity index (χ0) is 25.9. The van der Waals surface area contributed by atoms with Crippen LogP contribution in [0.4, 0.5) is 23.1 Å². The normalized spacial score (nSPS) is 13.9. The molecular formula is C25H29ClN6O3S. The summed E-state index contributed by atoms with van der Waals surface area (Å²) in [7, 11) is -2.01. The Hall–Kier alpha value is -3.21. The highest BCUT2D eigenvalue weighted by Crippen LogP contribution is 2.35. The molecule has 3 N–H and O–H groups in total. The van der Waals surface area contributed by atoms with E-state index in [1.54, 1.807) is 33.1 Å². The summed E-state index contributed by atoms with van der Waals surface area (Å²) >= 11 is 6.35. The molecule has 0 saturated heterocycles. The number of pyridine rings is 1. The lowest BCUT2D eigenvalue weighted by Gasteiger charge is -2.19. The minimum atomic E-state index is -3.63. The Labute approximate surface area is 216 Å². The number of methoxy groups -OCH3 is 1. The maximum Gasteiger partial charge on any atom is 0.229 e. The first kappa shape index (κ1) is 25.9. The van der Waals surface area contributed by atoms with Gasteiger partial charge in [0.25, 0.3) is 0 Å². The zero-order valence-corrected chi connectivity index (χ0v) is 22.2. The van der Waals surface area contributed by atoms with Crippen molar-refractivity contribution in [1.29, 1.82) is 0 Å². The van der Waals surface area contributed by atoms with Crippen LogP contribution in [0.5, 0.6) is 5.75 Å². The Morgan fingerprint density at radius 1 is 1.17 bits per heavy atom. The molecule has 36 heavy (non-hydrogen) atoms. The third kappa shape index (κ3) is 5.45. The standard InChI is InChI=1S/C25H29ClN6O3S/c1-15(2)36(33,34)24-20(6-5-9-28-24)30-23-19(26)14-29-25(32-23)31-21-12-16(3)18(13-22(21)35-4)17-7-10-27-11-8-17/h5-7,9,12-15,27H,8,10-11H2,1-4H3,(H2,29,30,31,32). The Morgan fingerprint density at radius 2 is 1.97 bits per heavy atom. The molecule has 190 valence electrons. The van der Waals surface area contributed by atoms with E-state index in [4.69, 9.17) is 16.3 Å². The number of nitrogens with one attached hydrogen (secondary N) is 3. The van der Waals surface area contributed by atoms with E-state index in [1.807, 2.05) is 12.1 Å². The number of hydrogen-bond acceptors (Lipinski definition) is 9. The number of nitrogens with zero attached hydrogens (tertiary/aromatic N) is 3. The summed E-state index contributed by atoms with van der Waals surface area (Å²) in [6.45, 7) is 7.06. The van der Waals surface area contributed by atoms with Gasteiger partial charge in [0, 0.05) is 12.7 Å². The molecule has 4 rings (SSSR count). The molecule has 1 aromatic carbocycles. The number of halogens is 1. The summed E-state index contributed by atoms with van der Waals surface area (Å²) < 4.78 is 31.2. The van der Waals surface area contributed by atoms with Crippen LogP contribution in [0, 0.1) is 6.92 Å². The second kappa shape index (κ2) is 10.8. The Balaban J connectivity index is 1.65. The molecule has 1 aliphatic heterocycles. The summed E-state index contributed by atoms with van der Waals surface area (Å²) in [5.74, 6) is 1.17. The number of hydrogen-bond donors (Lipinski definition) is 3. The van der Waals surface area contributed by atoms with Gasteiger partial charge in [-0.1, -0.05) is 17.7 Å². The van der Waals surface area contributed by atoms with Gasteiger partial charge in [0.2, 0.25) is 5.95 Å². The van der Waals surface area contributed by atoms with Crippen LogP contribution in [0.2, 0.25) is 5.02 Å². The summed E-state index contributed by atoms with van der Waals surface area (Å²) in [5.41, 5.74) is 4.51. The van der Waals surface area contributed by atoms with E-state index in [9.17, 15) is 8.42 Å². The smallest absolute Gasteiger partial charge is 0.229 e. The van der Waals surface area contributed by atoms with Gasteiger partial charge in [0.15, 0.2) is 20.7 Å². The molecule has 0 saturated carbocycles. The van der Waals surface area contributed by atoms with Crippen molar-refractivity contribution in [3.05, 3.63) is 58.9 Å². The van der Waals surface area contributed by atoms with Gasteiger partial charge in [-0.15, -0.1) is 0 Å². The molecule has 1 aliphatic rings. The van der Waals surface area contributed by atoms with Crippen molar-refractivity contribution in [1.82, 2.24) is 20.3 Å². The average molecular weight is 529 g/mol. The maximum absolute atomic E-state index is 12.8. The number of sulfone groups is 1. The number of aryl methyl sites for hydroxylation is 1. The van der Waals surface area contributed by atoms with Crippen LogP contribution in [-0.2, 0) is 9.84 Å². The van der Waals surface area contributed by atoms with Crippen LogP contribution < -0.4 is 20.7 Å². The van der Waals surface area contributed by atoms with E-state index in [0.29, 0.717) is 11.4 Å². The molecule has 0 atom stereocenters. The summed E-state index contributed by atoms with van der Waals surface area (Å²) in [4.78, 5) is 12.9. The SMILES string of the molecule is COc1cc(C2=CCNCC2)c(C)cc1Nc1ncc(Cl)c(Nc2cccnc2S(=O)(=O)C(C)C)n1. The molecule has 11 heteroatoms. The first-order chi connectivity index (χ1) is 17.2. The number of benzene rings is 1. The fraction of sp³-hybridized carbons (Fsp3) is 0.320. The number of anilines is 4. The molecule has 0 bridgehead atoms. The molecule has 9 nitrogen and oxygen atoms in total. The van der Waals surface area contributed by atoms with Crippen molar-refractivity contribution in [2.45, 2.75) is 37.5 Å². The van der Waals surface area contributed by atoms with E-state index in [1.165, 1.54) is 18.0 Å². The van der Waals surface area contributed by atoms with Crippen molar-refractivity contribution >= 4 is 50.2 Å². The maximum atomic E-state index is 12.8. The summed E-state index contributed by atoms with van der Waals surface area (Å²) in [6.07, 6.45) is 6.03. The lowest BCUT2D eigenvalue weighted by atomic mass is 9.95. The topological polar surface area (TPSA) is 118 Å². The van der Waals surface area contributed by atoms with Crippen molar-refractivity contribution in [2.75, 3.05) is 30.8 Å². The summed E-state index contributed by atoms with van der Waals surface area (Å²) in [5, 5.41) is 9.07. The molecule has 3 aromatic rings. The van der Waals surface area contributed by atoms with Crippen LogP contribution in [0.15, 0.2) is 47.8 Å². The van der Waals surface area contributed by atoms with Crippen molar-refractivity contribution in [3.63, 3.8) is 0 Å². The van der Waals surface area contributed by atoms with Crippen LogP contribution in [0.3, 0.4) is 0 Å². The van der Waals surface area contributed by atoms with Gasteiger partial charge < -0.3 is 20.7 Å². The number of aromatic nitrogens is 3. The van der Waals surface area contributed by atoms with Crippen molar-refractivity contribution in [3.8, 4) is 5.75 Å². The second-order valence-corrected chi connectivity index (χ2v) is 11.5. The minimum absolute atomic E-state index is 0.0655. The third-order valence-corrected chi connectivity index (χ3v) is 8.24. The summed E-state index contributed by atoms with van der Waals surface area (Å²) in [6, 6.07) is 7.27. The molecule has 0 spiro atoms. The van der Waals surface area contributed by atoms with Gasteiger partial charge >= 0.3 is 0 Å². The van der Waals surface area contributed by atoms with Crippen molar-refractivity contribution in [2.24, 2.45) is 0 Å². The molecule has 0 fully saturated rings. The van der Waals surface area contributed by atoms with E-state index in [-0.39, 0.29) is 27.5 Å². The van der Waals surface area contributed by atoms with E-state index in [2.05, 4.69) is 43.9 Å². The molecule has 0 aliphatic carbocycles. The quantitative estimate of drug-likeness (QED) is 0.375. The lowest BCUT2D eigenvalue weighted by Crippen LogP contribution is -2.20. The Morgan fingerprint density at radius 3 is 2.67 bits per heavy atom. The fourth-order valence-electron chi connectivity index (χ4n) is 3.87. The number of rotatable bonds is 8. The predicted molar refractivity (Wildman–Crippen MR) is 143 cm³/mol. The van der Waals surface area contributed by atoms with E-state index < -0.39 is 15.1 Å². The van der Waals surface area contributed by atoms with Crippen LogP contribution in [0.25, 0.3) is 5.57 Å². The molecule has 3 heterocycles. The largest absolute Gasteiger partial charge is 0.495 e. The van der Waals surface area contributed by atoms with Gasteiger partial charge in [-0.3, -0.25) is 0 Å². The fourth-order valence-corrected chi connectivity index (χ4v) is 5.08. The lowest BCUT2D eigenvalue weighted by molar-refractivity contribution is 0.416. The second-order valence-electron chi connectivity index (χ2n) is 8.64. The van der Waals surface area contributed by atoms with Gasteiger partial charge in [0.05, 0.1) is 29.9 Å². The monoisotopic (exact) mass is 528 g/mol. The highest BCUT2D eigenvalue weighted by Gasteiger charge is 2.25. The van der Waals surface area contributed by atoms with Crippen LogP contribution >= 0.6 is 11.6 Å². The van der Waals surface area contributed by atoms with Gasteiger partial charge in [0.1, 0.15) is 10.8 Å². The number of ether oxygens (including phenoxy) is 1. The van der Waals surface area contributed by atoms with Gasteiger partial charge in [-0.05, 0) is 74.7 Å². The van der Waals surface area contributed by atoms with E-state index >= 15 is 0 Å². The van der Waals surface area contributed by atoms with Crippen LogP contribution in [-0.4, -0.2) is 48.8 Å². The first-order valence-corrected chi connectivity index (χ1v) is 13.5. The van der Waals surface area contributed by atoms with E-state index in [0.717, 1.165) is 30.6 Å². The predicted octanol–water partition coefficient (Wildman–Crippen LogP) is 4.89. The molecule has 0 unspecified atom stereocenters. The highest BCUT2D eigenvalue weighted by atomic mass is 35.5. The highest BCUT2D eigenvalue weighted by molar-refractivity contribution is 7.92. The zero-order valence-electron chi connectivity index (χ0n) is 20.6. The molecular weight excluding hydrogens is 500 g/mol. The molecule has 0 radical (unpaired) electrons. The Bertz CT molecular complexity index is 1410. The molecule has 0 amide bonds. The minimum Gasteiger partial charge on any atom is -0.495 e. The Kier molecular flexibility index (Phi) is 7.77. The van der Waals surface area contributed by atoms with Crippen LogP contribution in [0.1, 0.15) is 31.4 Å². The van der Waals surface area contributed by atoms with Gasteiger partial charge in [-0.25, -0.2) is 18.4 Å². The first-order valence-electron chi connectivity index (χ1n) is 11.5. The average Bonchev–Trinajstić information content (AvgIpc) is 2.87. The van der Waals surface area contributed by atoms with Gasteiger partial charge in [-0.2, -0.15) is 4.98 Å².